The molecule has 260 valence electrons. The van der Waals surface area contributed by atoms with E-state index < -0.39 is 6.09 Å². The number of pyridine rings is 1. The summed E-state index contributed by atoms with van der Waals surface area (Å²) >= 11 is 0. The van der Waals surface area contributed by atoms with Gasteiger partial charge in [0, 0.05) is 37.1 Å². The molecule has 0 aliphatic heterocycles. The van der Waals surface area contributed by atoms with E-state index in [0.717, 1.165) is 62.6 Å². The molecule has 7 heteroatoms. The van der Waals surface area contributed by atoms with Crippen LogP contribution in [0.2, 0.25) is 0 Å². The highest BCUT2D eigenvalue weighted by Gasteiger charge is 2.10. The number of esters is 1. The highest BCUT2D eigenvalue weighted by molar-refractivity contribution is 5.69. The fourth-order valence-corrected chi connectivity index (χ4v) is 5.31. The monoisotopic (exact) mass is 694 g/mol. The van der Waals surface area contributed by atoms with Crippen LogP contribution in [0, 0.1) is 0 Å². The Labute approximate surface area is 287 Å². The molecule has 0 spiro atoms. The van der Waals surface area contributed by atoms with Crippen LogP contribution >= 0.6 is 0 Å². The topological polar surface area (TPSA) is 68.5 Å². The summed E-state index contributed by atoms with van der Waals surface area (Å²) in [5, 5.41) is 2.86. The number of ether oxygens (including phenoxy) is 2. The first-order valence-electron chi connectivity index (χ1n) is 18.2. The Hall–Kier alpha value is -1.89. The van der Waals surface area contributed by atoms with Crippen molar-refractivity contribution >= 4 is 12.1 Å². The van der Waals surface area contributed by atoms with E-state index in [1.807, 2.05) is 19.9 Å². The molecule has 0 bridgehead atoms. The summed E-state index contributed by atoms with van der Waals surface area (Å²) in [4.78, 5) is 24.3. The number of alkyl carbamates (subject to hydrolysis) is 1. The largest absolute Gasteiger partial charge is 1.00 e. The number of amides is 1. The minimum absolute atomic E-state index is 0. The number of aromatic nitrogens is 1. The van der Waals surface area contributed by atoms with Crippen LogP contribution in [0.15, 0.2) is 41.7 Å². The average molecular weight is 696 g/mol. The maximum absolute atomic E-state index is 12.2. The minimum Gasteiger partial charge on any atom is -1.00 e. The maximum Gasteiger partial charge on any atom is 0.407 e. The predicted molar refractivity (Wildman–Crippen MR) is 183 cm³/mol. The van der Waals surface area contributed by atoms with Crippen LogP contribution in [0.4, 0.5) is 4.79 Å². The third kappa shape index (κ3) is 28.1. The molecule has 0 aliphatic rings. The molecule has 0 atom stereocenters. The van der Waals surface area contributed by atoms with Crippen molar-refractivity contribution in [3.8, 4) is 0 Å². The number of carbonyl (C=O) groups is 2. The molecule has 1 amide bonds. The van der Waals surface area contributed by atoms with Gasteiger partial charge >= 0.3 is 12.1 Å². The lowest BCUT2D eigenvalue weighted by atomic mass is 10.0. The lowest BCUT2D eigenvalue weighted by Crippen LogP contribution is -3.00. The van der Waals surface area contributed by atoms with Gasteiger partial charge in [0.15, 0.2) is 12.4 Å². The Bertz CT molecular complexity index is 859. The van der Waals surface area contributed by atoms with Gasteiger partial charge in [-0.2, -0.15) is 0 Å². The van der Waals surface area contributed by atoms with Crippen LogP contribution in [0.25, 0.3) is 0 Å². The third-order valence-electron chi connectivity index (χ3n) is 8.37. The fraction of sp³-hybridized carbons (Fsp3) is 0.763. The molecule has 0 unspecified atom stereocenters. The average Bonchev–Trinajstić information content (AvgIpc) is 3.02. The van der Waals surface area contributed by atoms with Gasteiger partial charge in [-0.3, -0.25) is 4.79 Å². The Balaban J connectivity index is 0.0000194. The Morgan fingerprint density at radius 1 is 0.600 bits per heavy atom. The normalized spacial score (nSPS) is 10.6. The molecule has 0 saturated heterocycles. The molecule has 1 heterocycles. The van der Waals surface area contributed by atoms with E-state index >= 15 is 0 Å². The van der Waals surface area contributed by atoms with Crippen molar-refractivity contribution in [2.75, 3.05) is 19.8 Å². The summed E-state index contributed by atoms with van der Waals surface area (Å²) in [6.45, 7) is 8.20. The maximum atomic E-state index is 12.2. The second-order valence-corrected chi connectivity index (χ2v) is 12.7. The fourth-order valence-electron chi connectivity index (χ4n) is 5.31. The highest BCUT2D eigenvalue weighted by atomic mass is 79.9. The molecule has 0 fully saturated rings. The molecule has 0 aliphatic carbocycles. The zero-order valence-corrected chi connectivity index (χ0v) is 30.8. The second kappa shape index (κ2) is 32.1. The van der Waals surface area contributed by atoms with E-state index in [-0.39, 0.29) is 36.2 Å². The van der Waals surface area contributed by atoms with Crippen LogP contribution in [0.1, 0.15) is 162 Å². The van der Waals surface area contributed by atoms with Crippen LogP contribution < -0.4 is 26.9 Å². The Morgan fingerprint density at radius 2 is 1.07 bits per heavy atom. The summed E-state index contributed by atoms with van der Waals surface area (Å²) in [7, 11) is 0. The van der Waals surface area contributed by atoms with Crippen molar-refractivity contribution in [2.24, 2.45) is 0 Å². The Kier molecular flexibility index (Phi) is 30.7. The molecule has 1 aromatic rings. The van der Waals surface area contributed by atoms with Crippen LogP contribution in [0.3, 0.4) is 0 Å². The SMILES string of the molecule is CCCCCCCCCCCCCCCCCCNC(=O)OCC(COC(=O)CCCCCCC[n+]1ccccc1)=C(C)C.[Br-]. The lowest BCUT2D eigenvalue weighted by Gasteiger charge is -2.12. The Morgan fingerprint density at radius 3 is 1.60 bits per heavy atom. The zero-order chi connectivity index (χ0) is 31.9. The quantitative estimate of drug-likeness (QED) is 0.0417. The van der Waals surface area contributed by atoms with E-state index in [9.17, 15) is 9.59 Å². The van der Waals surface area contributed by atoms with E-state index in [1.54, 1.807) is 0 Å². The first kappa shape index (κ1) is 43.1. The molecular weight excluding hydrogens is 628 g/mol. The summed E-state index contributed by atoms with van der Waals surface area (Å²) in [6.07, 6.45) is 30.9. The van der Waals surface area contributed by atoms with Gasteiger partial charge in [0.05, 0.1) is 0 Å². The van der Waals surface area contributed by atoms with Crippen molar-refractivity contribution < 1.29 is 40.6 Å². The van der Waals surface area contributed by atoms with Gasteiger partial charge in [-0.25, -0.2) is 9.36 Å². The van der Waals surface area contributed by atoms with Crippen LogP contribution in [0.5, 0.6) is 0 Å². The number of halogens is 1. The molecule has 1 rings (SSSR count). The second-order valence-electron chi connectivity index (χ2n) is 12.7. The van der Waals surface area contributed by atoms with Crippen LogP contribution in [-0.2, 0) is 20.8 Å². The number of aryl methyl sites for hydroxylation is 1. The molecule has 45 heavy (non-hydrogen) atoms. The molecule has 0 aromatic carbocycles. The number of hydrogen-bond acceptors (Lipinski definition) is 4. The van der Waals surface area contributed by atoms with Gasteiger partial charge in [-0.1, -0.05) is 128 Å². The van der Waals surface area contributed by atoms with Gasteiger partial charge < -0.3 is 31.8 Å². The number of nitrogens with zero attached hydrogens (tertiary/aromatic N) is 1. The lowest BCUT2D eigenvalue weighted by molar-refractivity contribution is -0.697. The number of nitrogens with one attached hydrogen (secondary N) is 1. The molecule has 0 saturated carbocycles. The van der Waals surface area contributed by atoms with Crippen molar-refractivity contribution in [1.82, 2.24) is 5.32 Å². The summed E-state index contributed by atoms with van der Waals surface area (Å²) < 4.78 is 13.1. The van der Waals surface area contributed by atoms with Gasteiger partial charge in [0.2, 0.25) is 0 Å². The van der Waals surface area contributed by atoms with E-state index in [2.05, 4.69) is 41.3 Å². The first-order valence-corrected chi connectivity index (χ1v) is 18.2. The molecule has 6 nitrogen and oxygen atoms in total. The summed E-state index contributed by atoms with van der Waals surface area (Å²) in [5.41, 5.74) is 1.86. The molecule has 0 radical (unpaired) electrons. The van der Waals surface area contributed by atoms with Gasteiger partial charge in [-0.15, -0.1) is 0 Å². The predicted octanol–water partition coefficient (Wildman–Crippen LogP) is 7.19. The van der Waals surface area contributed by atoms with Crippen molar-refractivity contribution in [3.05, 3.63) is 41.7 Å². The number of carbonyl (C=O) groups excluding carboxylic acids is 2. The van der Waals surface area contributed by atoms with E-state index in [4.69, 9.17) is 9.47 Å². The summed E-state index contributed by atoms with van der Waals surface area (Å²) in [5.74, 6) is -0.184. The third-order valence-corrected chi connectivity index (χ3v) is 8.37. The molecule has 1 N–H and O–H groups in total. The number of allylic oxidation sites excluding steroid dienone is 1. The smallest absolute Gasteiger partial charge is 0.407 e. The standard InChI is InChI=1S/C38H66N2O4.BrH/c1-4-5-6-7-8-9-10-11-12-13-14-15-16-17-20-24-29-39-38(42)44-34-36(35(2)3)33-43-37(41)28-23-19-18-21-25-30-40-31-26-22-27-32-40;/h22,26-27,31-32H,4-21,23-25,28-30,33-34H2,1-3H3;1H. The van der Waals surface area contributed by atoms with E-state index in [0.29, 0.717) is 13.0 Å². The van der Waals surface area contributed by atoms with Gasteiger partial charge in [-0.05, 0) is 33.1 Å². The minimum atomic E-state index is -0.401. The summed E-state index contributed by atoms with van der Waals surface area (Å²) in [6, 6.07) is 6.13. The van der Waals surface area contributed by atoms with Crippen molar-refractivity contribution in [2.45, 2.75) is 169 Å². The molecule has 1 aromatic heterocycles. The number of rotatable bonds is 29. The van der Waals surface area contributed by atoms with Gasteiger partial charge in [0.25, 0.3) is 0 Å². The number of hydrogen-bond donors (Lipinski definition) is 1. The molecular formula is C38H67BrN2O4. The number of unbranched alkanes of at least 4 members (excludes halogenated alkanes) is 19. The highest BCUT2D eigenvalue weighted by Crippen LogP contribution is 2.14. The van der Waals surface area contributed by atoms with Crippen molar-refractivity contribution in [1.29, 1.82) is 0 Å². The first-order chi connectivity index (χ1) is 21.5. The van der Waals surface area contributed by atoms with E-state index in [1.165, 1.54) is 89.9 Å². The van der Waals surface area contributed by atoms with Crippen LogP contribution in [-0.4, -0.2) is 31.8 Å². The van der Waals surface area contributed by atoms with Gasteiger partial charge in [0.1, 0.15) is 19.8 Å². The zero-order valence-electron chi connectivity index (χ0n) is 29.2. The van der Waals surface area contributed by atoms with Crippen molar-refractivity contribution in [3.63, 3.8) is 0 Å².